The van der Waals surface area contributed by atoms with Gasteiger partial charge >= 0.3 is 0 Å². The second-order valence-corrected chi connectivity index (χ2v) is 20.7. The molecule has 0 aliphatic heterocycles. The van der Waals surface area contributed by atoms with Crippen molar-refractivity contribution in [3.63, 3.8) is 0 Å². The van der Waals surface area contributed by atoms with E-state index in [0.29, 0.717) is 63.2 Å². The van der Waals surface area contributed by atoms with E-state index in [0.717, 1.165) is 40.0 Å². The molecule has 2 atom stereocenters. The first-order chi connectivity index (χ1) is 39.7. The van der Waals surface area contributed by atoms with Crippen LogP contribution in [0, 0.1) is 46.5 Å². The Labute approximate surface area is 478 Å². The lowest BCUT2D eigenvalue weighted by Gasteiger charge is -2.20. The van der Waals surface area contributed by atoms with E-state index in [1.54, 1.807) is 54.9 Å². The zero-order valence-electron chi connectivity index (χ0n) is 44.8. The van der Waals surface area contributed by atoms with Crippen LogP contribution in [0.2, 0.25) is 0 Å². The second-order valence-electron chi connectivity index (χ2n) is 20.1. The van der Waals surface area contributed by atoms with Crippen molar-refractivity contribution in [2.75, 3.05) is 11.1 Å². The molecule has 8 aromatic rings. The first-order valence-electron chi connectivity index (χ1n) is 26.2. The van der Waals surface area contributed by atoms with E-state index in [1.165, 1.54) is 92.7 Å². The van der Waals surface area contributed by atoms with Crippen LogP contribution >= 0.6 is 11.6 Å². The summed E-state index contributed by atoms with van der Waals surface area (Å²) >= 11 is 4.64. The molecule has 3 N–H and O–H groups in total. The molecule has 6 aromatic carbocycles. The van der Waals surface area contributed by atoms with E-state index in [9.17, 15) is 54.3 Å². The molecule has 0 bridgehead atoms. The topological polar surface area (TPSA) is 132 Å². The number of allylic oxidation sites excluding steroid dienone is 4. The Kier molecular flexibility index (Phi) is 19.8. The molecule has 2 aliphatic carbocycles. The third-order valence-electron chi connectivity index (χ3n) is 13.9. The minimum absolute atomic E-state index is 0.0100. The number of amides is 1. The molecule has 0 saturated heterocycles. The van der Waals surface area contributed by atoms with Gasteiger partial charge in [-0.05, 0) is 178 Å². The minimum atomic E-state index is -0.737. The lowest BCUT2D eigenvalue weighted by Crippen LogP contribution is -2.13. The Morgan fingerprint density at radius 1 is 0.518 bits per heavy atom. The van der Waals surface area contributed by atoms with Gasteiger partial charge in [-0.15, -0.1) is 0 Å². The number of nitrogens with one attached hydrogen (secondary N) is 1. The highest BCUT2D eigenvalue weighted by molar-refractivity contribution is 6.62. The summed E-state index contributed by atoms with van der Waals surface area (Å²) in [5, 5.41) is 2.10. The van der Waals surface area contributed by atoms with Crippen LogP contribution in [0.15, 0.2) is 158 Å². The molecule has 83 heavy (non-hydrogen) atoms. The summed E-state index contributed by atoms with van der Waals surface area (Å²) in [5.41, 5.74) is 14.7. The first-order valence-corrected chi connectivity index (χ1v) is 26.6. The van der Waals surface area contributed by atoms with Crippen LogP contribution in [0.1, 0.15) is 96.1 Å². The van der Waals surface area contributed by atoms with Crippen LogP contribution < -0.4 is 11.1 Å². The number of pyridine rings is 2. The Hall–Kier alpha value is -8.89. The monoisotopic (exact) mass is 1150 g/mol. The van der Waals surface area contributed by atoms with E-state index < -0.39 is 52.6 Å². The van der Waals surface area contributed by atoms with Crippen LogP contribution in [0.4, 0.5) is 46.5 Å². The highest BCUT2D eigenvalue weighted by Crippen LogP contribution is 2.39. The lowest BCUT2D eigenvalue weighted by molar-refractivity contribution is -0.119. The first kappa shape index (κ1) is 60.2. The van der Waals surface area contributed by atoms with Gasteiger partial charge < -0.3 is 11.1 Å². The van der Waals surface area contributed by atoms with Crippen molar-refractivity contribution in [3.05, 3.63) is 249 Å². The van der Waals surface area contributed by atoms with Gasteiger partial charge in [-0.3, -0.25) is 29.1 Å². The molecule has 0 unspecified atom stereocenters. The van der Waals surface area contributed by atoms with E-state index in [1.807, 2.05) is 12.2 Å². The predicted molar refractivity (Wildman–Crippen MR) is 305 cm³/mol. The molecular formula is C66H53ClF8N4O4. The highest BCUT2D eigenvalue weighted by atomic mass is 35.5. The Bertz CT molecular complexity index is 3800. The maximum atomic E-state index is 14.4. The fourth-order valence-electron chi connectivity index (χ4n) is 10.4. The van der Waals surface area contributed by atoms with Gasteiger partial charge in [0.05, 0.1) is 22.8 Å². The molecular weight excluding hydrogens is 1100 g/mol. The molecule has 2 aromatic heterocycles. The number of halogens is 9. The number of rotatable bonds is 17. The van der Waals surface area contributed by atoms with Gasteiger partial charge in [0, 0.05) is 87.0 Å². The van der Waals surface area contributed by atoms with Crippen LogP contribution in [0.25, 0.3) is 33.4 Å². The molecule has 0 fully saturated rings. The number of benzene rings is 6. The number of nitrogens with two attached hydrogens (primary N) is 1. The Morgan fingerprint density at radius 2 is 0.940 bits per heavy atom. The highest BCUT2D eigenvalue weighted by Gasteiger charge is 2.27. The van der Waals surface area contributed by atoms with E-state index >= 15 is 0 Å². The average Bonchev–Trinajstić information content (AvgIpc) is 4.21. The summed E-state index contributed by atoms with van der Waals surface area (Å²) in [7, 11) is 0. The number of carbonyl (C=O) groups is 4. The standard InChI is InChI=1S/C33H26F4N2O2.C31H24F4N2O.C2H3ClO/c1-19(40)39-32-16-23(7-9-31(32)37)29-3-2-10-38-33(29)24(11-20-12-26(35)17-27(36)13-20)15-28(41)14-22-5-4-21-6-8-25(34)18-30(21)22;32-23-7-5-19-3-4-20(28(19)17-23)13-26(38)14-22(10-18-11-24(33)16-25(34)12-18)31-27(2-1-9-37-31)21-6-8-29(35)30(36)15-21;1-2(3)4/h2-3,5-10,12-13,16-18,24H,4,11,14-15H2,1H3,(H,39,40);1-2,4-9,11-12,15-17,22H,3,10,13-14,36H2;1H3/t24-;22-;/m11./s1. The molecule has 1 amide bonds. The third-order valence-corrected chi connectivity index (χ3v) is 13.9. The van der Waals surface area contributed by atoms with Crippen molar-refractivity contribution in [3.8, 4) is 22.3 Å². The van der Waals surface area contributed by atoms with Crippen molar-refractivity contribution in [1.82, 2.24) is 9.97 Å². The summed E-state index contributed by atoms with van der Waals surface area (Å²) in [5.74, 6) is -6.66. The number of hydrogen-bond donors (Lipinski definition) is 2. The van der Waals surface area contributed by atoms with Gasteiger partial charge in [0.1, 0.15) is 58.1 Å². The van der Waals surface area contributed by atoms with Crippen molar-refractivity contribution >= 4 is 56.8 Å². The molecule has 0 saturated carbocycles. The average molecular weight is 1150 g/mol. The van der Waals surface area contributed by atoms with Gasteiger partial charge in [0.25, 0.3) is 0 Å². The number of fused-ring (bicyclic) bond motifs is 2. The second kappa shape index (κ2) is 27.3. The van der Waals surface area contributed by atoms with Crippen LogP contribution in [0.5, 0.6) is 0 Å². The van der Waals surface area contributed by atoms with Gasteiger partial charge in [-0.1, -0.05) is 48.6 Å². The molecule has 17 heteroatoms. The summed E-state index contributed by atoms with van der Waals surface area (Å²) in [4.78, 5) is 56.7. The maximum absolute atomic E-state index is 14.4. The van der Waals surface area contributed by atoms with Crippen LogP contribution in [-0.2, 0) is 44.9 Å². The molecule has 2 heterocycles. The van der Waals surface area contributed by atoms with Crippen LogP contribution in [-0.4, -0.2) is 32.7 Å². The molecule has 2 aliphatic rings. The Balaban J connectivity index is 0.000000204. The fraction of sp³-hybridized carbons (Fsp3) is 0.182. The SMILES string of the molecule is CC(=O)Cl.CC(=O)Nc1cc(-c2cccnc2[C@@H](CC(=O)CC2=CCc3ccc(F)cc32)Cc2cc(F)cc(F)c2)ccc1F.Nc1cc(-c2cccnc2[C@@H](CC(=O)CC2=CCc3ccc(F)cc32)Cc2cc(F)cc(F)c2)ccc1F. The van der Waals surface area contributed by atoms with Gasteiger partial charge in [-0.25, -0.2) is 35.1 Å². The van der Waals surface area contributed by atoms with Crippen LogP contribution in [0.3, 0.4) is 0 Å². The molecule has 0 radical (unpaired) electrons. The summed E-state index contributed by atoms with van der Waals surface area (Å²) < 4.78 is 112. The number of aromatic nitrogens is 2. The number of nitrogen functional groups attached to an aromatic ring is 1. The lowest BCUT2D eigenvalue weighted by atomic mass is 9.85. The van der Waals surface area contributed by atoms with Crippen molar-refractivity contribution < 1.29 is 54.3 Å². The van der Waals surface area contributed by atoms with Gasteiger partial charge in [-0.2, -0.15) is 0 Å². The fourth-order valence-corrected chi connectivity index (χ4v) is 10.4. The predicted octanol–water partition coefficient (Wildman–Crippen LogP) is 15.6. The zero-order valence-corrected chi connectivity index (χ0v) is 45.6. The number of ketones is 2. The molecule has 424 valence electrons. The Morgan fingerprint density at radius 3 is 1.36 bits per heavy atom. The molecule has 10 rings (SSSR count). The largest absolute Gasteiger partial charge is 0.396 e. The van der Waals surface area contributed by atoms with Crippen molar-refractivity contribution in [1.29, 1.82) is 0 Å². The van der Waals surface area contributed by atoms with Crippen molar-refractivity contribution in [2.24, 2.45) is 0 Å². The van der Waals surface area contributed by atoms with E-state index in [-0.39, 0.29) is 78.3 Å². The van der Waals surface area contributed by atoms with Gasteiger partial charge in [0.2, 0.25) is 11.1 Å². The number of Topliss-reactive ketones (excluding diaryl/α,β-unsaturated/α-hetero) is 2. The zero-order chi connectivity index (χ0) is 59.5. The van der Waals surface area contributed by atoms with Gasteiger partial charge in [0.15, 0.2) is 0 Å². The normalized spacial score (nSPS) is 12.8. The maximum Gasteiger partial charge on any atom is 0.221 e. The molecule has 0 spiro atoms. The number of carbonyl (C=O) groups excluding carboxylic acids is 4. The third kappa shape index (κ3) is 16.2. The van der Waals surface area contributed by atoms with E-state index in [2.05, 4.69) is 26.9 Å². The number of hydrogen-bond acceptors (Lipinski definition) is 7. The number of nitrogens with zero attached hydrogens (tertiary/aromatic N) is 2. The summed E-state index contributed by atoms with van der Waals surface area (Å²) in [6.45, 7) is 2.56. The van der Waals surface area contributed by atoms with E-state index in [4.69, 9.17) is 5.73 Å². The summed E-state index contributed by atoms with van der Waals surface area (Å²) in [6.07, 6.45) is 8.62. The molecule has 8 nitrogen and oxygen atoms in total. The minimum Gasteiger partial charge on any atom is -0.396 e. The smallest absolute Gasteiger partial charge is 0.221 e. The number of anilines is 2. The quantitative estimate of drug-likeness (QED) is 0.0527. The summed E-state index contributed by atoms with van der Waals surface area (Å²) in [6, 6.07) is 31.1. The van der Waals surface area contributed by atoms with Crippen molar-refractivity contribution in [2.45, 2.75) is 77.0 Å².